The molecule has 7 nitrogen and oxygen atoms in total. The molecular weight excluding hydrogens is 419 g/mol. The van der Waals surface area contributed by atoms with Crippen LogP contribution in [0.25, 0.3) is 0 Å². The monoisotopic (exact) mass is 447 g/mol. The standard InChI is InChI=1S/C21H28F3NO6/c1-18(2,3)31-17(27)25-15(13-30-19(25,4)5)12-29-16(26)20(28-6,21(22,23)24)14-10-8-7-9-11-14/h7-11,15H,12-13H2,1-6H3/t15-,20-/m0/s1. The Bertz CT molecular complexity index is 791. The first-order valence-corrected chi connectivity index (χ1v) is 9.66. The number of methoxy groups -OCH3 is 1. The van der Waals surface area contributed by atoms with E-state index in [-0.39, 0.29) is 6.61 Å². The highest BCUT2D eigenvalue weighted by Gasteiger charge is 2.64. The highest BCUT2D eigenvalue weighted by Crippen LogP contribution is 2.43. The van der Waals surface area contributed by atoms with E-state index < -0.39 is 53.4 Å². The van der Waals surface area contributed by atoms with E-state index in [9.17, 15) is 22.8 Å². The van der Waals surface area contributed by atoms with Gasteiger partial charge in [0.15, 0.2) is 0 Å². The van der Waals surface area contributed by atoms with Crippen LogP contribution in [0.3, 0.4) is 0 Å². The number of ether oxygens (including phenoxy) is 4. The molecule has 1 aromatic rings. The maximum absolute atomic E-state index is 14.0. The van der Waals surface area contributed by atoms with Crippen LogP contribution in [0, 0.1) is 0 Å². The molecule has 0 bridgehead atoms. The molecule has 0 saturated carbocycles. The predicted molar refractivity (Wildman–Crippen MR) is 104 cm³/mol. The van der Waals surface area contributed by atoms with Gasteiger partial charge in [-0.1, -0.05) is 30.3 Å². The number of halogens is 3. The first-order valence-electron chi connectivity index (χ1n) is 9.66. The summed E-state index contributed by atoms with van der Waals surface area (Å²) in [5.41, 5.74) is -5.62. The van der Waals surface area contributed by atoms with Gasteiger partial charge in [0.2, 0.25) is 0 Å². The second-order valence-corrected chi connectivity index (χ2v) is 8.61. The number of alkyl halides is 3. The minimum Gasteiger partial charge on any atom is -0.461 e. The van der Waals surface area contributed by atoms with Gasteiger partial charge in [-0.3, -0.25) is 4.90 Å². The molecule has 0 N–H and O–H groups in total. The Kier molecular flexibility index (Phi) is 6.97. The summed E-state index contributed by atoms with van der Waals surface area (Å²) in [6.45, 7) is 7.68. The normalized spacial score (nSPS) is 20.8. The van der Waals surface area contributed by atoms with Crippen LogP contribution in [-0.4, -0.2) is 60.8 Å². The zero-order valence-electron chi connectivity index (χ0n) is 18.4. The average molecular weight is 447 g/mol. The quantitative estimate of drug-likeness (QED) is 0.635. The molecule has 2 atom stereocenters. The number of nitrogens with zero attached hydrogens (tertiary/aromatic N) is 1. The molecule has 1 aliphatic rings. The summed E-state index contributed by atoms with van der Waals surface area (Å²) < 4.78 is 62.7. The van der Waals surface area contributed by atoms with Crippen LogP contribution >= 0.6 is 0 Å². The molecule has 1 heterocycles. The van der Waals surface area contributed by atoms with Crippen molar-refractivity contribution >= 4 is 12.1 Å². The van der Waals surface area contributed by atoms with Crippen LogP contribution < -0.4 is 0 Å². The van der Waals surface area contributed by atoms with Gasteiger partial charge >= 0.3 is 18.2 Å². The van der Waals surface area contributed by atoms with Gasteiger partial charge < -0.3 is 18.9 Å². The Morgan fingerprint density at radius 1 is 1.16 bits per heavy atom. The van der Waals surface area contributed by atoms with Crippen LogP contribution in [0.2, 0.25) is 0 Å². The van der Waals surface area contributed by atoms with Gasteiger partial charge in [0.1, 0.15) is 17.9 Å². The van der Waals surface area contributed by atoms with E-state index >= 15 is 0 Å². The maximum atomic E-state index is 14.0. The van der Waals surface area contributed by atoms with E-state index in [1.54, 1.807) is 34.6 Å². The van der Waals surface area contributed by atoms with Crippen LogP contribution in [-0.2, 0) is 29.3 Å². The van der Waals surface area contributed by atoms with Crippen molar-refractivity contribution in [3.63, 3.8) is 0 Å². The summed E-state index contributed by atoms with van der Waals surface area (Å²) in [6.07, 6.45) is -5.82. The highest BCUT2D eigenvalue weighted by atomic mass is 19.4. The summed E-state index contributed by atoms with van der Waals surface area (Å²) in [5.74, 6) is -1.64. The lowest BCUT2D eigenvalue weighted by molar-refractivity contribution is -0.276. The third-order valence-electron chi connectivity index (χ3n) is 4.74. The van der Waals surface area contributed by atoms with Crippen molar-refractivity contribution in [1.82, 2.24) is 4.90 Å². The fourth-order valence-electron chi connectivity index (χ4n) is 3.35. The van der Waals surface area contributed by atoms with E-state index in [0.29, 0.717) is 0 Å². The van der Waals surface area contributed by atoms with Crippen molar-refractivity contribution in [2.75, 3.05) is 20.3 Å². The summed E-state index contributed by atoms with van der Waals surface area (Å²) in [5, 5.41) is 0. The number of hydrogen-bond donors (Lipinski definition) is 0. The van der Waals surface area contributed by atoms with Crippen LogP contribution in [0.15, 0.2) is 30.3 Å². The Balaban J connectivity index is 2.26. The summed E-state index contributed by atoms with van der Waals surface area (Å²) in [4.78, 5) is 26.6. The lowest BCUT2D eigenvalue weighted by Crippen LogP contribution is -2.54. The molecule has 0 aliphatic carbocycles. The van der Waals surface area contributed by atoms with Gasteiger partial charge in [0.05, 0.1) is 12.6 Å². The Hall–Kier alpha value is -2.33. The number of carbonyl (C=O) groups excluding carboxylic acids is 2. The molecule has 1 amide bonds. The van der Waals surface area contributed by atoms with Crippen LogP contribution in [0.1, 0.15) is 40.2 Å². The zero-order chi connectivity index (χ0) is 23.7. The topological polar surface area (TPSA) is 74.3 Å². The molecule has 1 aromatic carbocycles. The number of amides is 1. The van der Waals surface area contributed by atoms with Crippen molar-refractivity contribution in [2.45, 2.75) is 63.8 Å². The fraction of sp³-hybridized carbons (Fsp3) is 0.619. The second kappa shape index (κ2) is 8.66. The van der Waals surface area contributed by atoms with E-state index in [2.05, 4.69) is 0 Å². The molecule has 0 radical (unpaired) electrons. The first-order chi connectivity index (χ1) is 14.2. The summed E-state index contributed by atoms with van der Waals surface area (Å²) in [7, 11) is 0.788. The molecule has 0 unspecified atom stereocenters. The third kappa shape index (κ3) is 5.12. The molecule has 2 rings (SSSR count). The third-order valence-corrected chi connectivity index (χ3v) is 4.74. The Morgan fingerprint density at radius 3 is 2.23 bits per heavy atom. The molecule has 31 heavy (non-hydrogen) atoms. The SMILES string of the molecule is CO[C@](C(=O)OC[C@H]1COC(C)(C)N1C(=O)OC(C)(C)C)(c1ccccc1)C(F)(F)F. The number of carbonyl (C=O) groups is 2. The molecule has 10 heteroatoms. The predicted octanol–water partition coefficient (Wildman–Crippen LogP) is 4.01. The first kappa shape index (κ1) is 24.9. The van der Waals surface area contributed by atoms with Gasteiger partial charge in [0, 0.05) is 12.7 Å². The number of esters is 1. The van der Waals surface area contributed by atoms with Crippen molar-refractivity contribution in [3.05, 3.63) is 35.9 Å². The minimum atomic E-state index is -5.09. The van der Waals surface area contributed by atoms with Crippen LogP contribution in [0.5, 0.6) is 0 Å². The van der Waals surface area contributed by atoms with Gasteiger partial charge in [-0.05, 0) is 34.6 Å². The lowest BCUT2D eigenvalue weighted by atomic mass is 9.92. The van der Waals surface area contributed by atoms with Crippen molar-refractivity contribution in [3.8, 4) is 0 Å². The number of benzene rings is 1. The maximum Gasteiger partial charge on any atom is 0.432 e. The molecule has 174 valence electrons. The van der Waals surface area contributed by atoms with E-state index in [1.807, 2.05) is 0 Å². The second-order valence-electron chi connectivity index (χ2n) is 8.61. The number of hydrogen-bond acceptors (Lipinski definition) is 6. The lowest BCUT2D eigenvalue weighted by Gasteiger charge is -2.36. The summed E-state index contributed by atoms with van der Waals surface area (Å²) in [6, 6.07) is 5.66. The fourth-order valence-corrected chi connectivity index (χ4v) is 3.35. The highest BCUT2D eigenvalue weighted by molar-refractivity contribution is 5.82. The minimum absolute atomic E-state index is 0.0448. The Morgan fingerprint density at radius 2 is 1.74 bits per heavy atom. The number of rotatable bonds is 5. The van der Waals surface area contributed by atoms with Crippen LogP contribution in [0.4, 0.5) is 18.0 Å². The molecule has 0 spiro atoms. The Labute approximate surface area is 179 Å². The van der Waals surface area contributed by atoms with Crippen molar-refractivity contribution in [2.24, 2.45) is 0 Å². The van der Waals surface area contributed by atoms with E-state index in [1.165, 1.54) is 23.1 Å². The van der Waals surface area contributed by atoms with Gasteiger partial charge in [-0.2, -0.15) is 13.2 Å². The molecule has 0 aromatic heterocycles. The van der Waals surface area contributed by atoms with E-state index in [0.717, 1.165) is 19.2 Å². The summed E-state index contributed by atoms with van der Waals surface area (Å²) >= 11 is 0. The average Bonchev–Trinajstić information content (AvgIpc) is 2.93. The molecule has 1 saturated heterocycles. The van der Waals surface area contributed by atoms with E-state index in [4.69, 9.17) is 18.9 Å². The molecule has 1 fully saturated rings. The van der Waals surface area contributed by atoms with Crippen molar-refractivity contribution < 1.29 is 41.7 Å². The van der Waals surface area contributed by atoms with Crippen molar-refractivity contribution in [1.29, 1.82) is 0 Å². The van der Waals surface area contributed by atoms with Gasteiger partial charge in [0.25, 0.3) is 5.60 Å². The molecular formula is C21H28F3NO6. The van der Waals surface area contributed by atoms with Gasteiger partial charge in [-0.25, -0.2) is 9.59 Å². The molecule has 1 aliphatic heterocycles. The smallest absolute Gasteiger partial charge is 0.432 e. The largest absolute Gasteiger partial charge is 0.461 e. The van der Waals surface area contributed by atoms with Gasteiger partial charge in [-0.15, -0.1) is 0 Å². The zero-order valence-corrected chi connectivity index (χ0v) is 18.4.